The van der Waals surface area contributed by atoms with Crippen molar-refractivity contribution in [2.75, 3.05) is 31.1 Å². The average Bonchev–Trinajstić information content (AvgIpc) is 3.53. The topological polar surface area (TPSA) is 89.1 Å². The van der Waals surface area contributed by atoms with Crippen molar-refractivity contribution in [1.82, 2.24) is 14.7 Å². The van der Waals surface area contributed by atoms with Gasteiger partial charge in [0.15, 0.2) is 0 Å². The molecule has 1 aromatic heterocycles. The number of benzene rings is 1. The van der Waals surface area contributed by atoms with Gasteiger partial charge in [-0.1, -0.05) is 0 Å². The Hall–Kier alpha value is -3.03. The molecule has 1 amide bonds. The molecule has 4 rings (SSSR count). The molecule has 1 saturated heterocycles. The highest BCUT2D eigenvalue weighted by Gasteiger charge is 2.29. The summed E-state index contributed by atoms with van der Waals surface area (Å²) in [6.45, 7) is 2.32. The van der Waals surface area contributed by atoms with E-state index in [0.29, 0.717) is 43.4 Å². The Kier molecular flexibility index (Phi) is 4.47. The summed E-state index contributed by atoms with van der Waals surface area (Å²) < 4.78 is 14.4. The van der Waals surface area contributed by atoms with Gasteiger partial charge in [-0.3, -0.25) is 15.6 Å². The van der Waals surface area contributed by atoms with Gasteiger partial charge in [0.05, 0.1) is 0 Å². The van der Waals surface area contributed by atoms with Gasteiger partial charge in [0.2, 0.25) is 0 Å². The maximum atomic E-state index is 13.0. The first kappa shape index (κ1) is 17.4. The third-order valence-electron chi connectivity index (χ3n) is 5.00. The van der Waals surface area contributed by atoms with Crippen LogP contribution < -0.4 is 10.4 Å². The highest BCUT2D eigenvalue weighted by atomic mass is 19.1. The van der Waals surface area contributed by atoms with E-state index in [1.807, 2.05) is 0 Å². The van der Waals surface area contributed by atoms with Crippen LogP contribution in [0.4, 0.5) is 10.2 Å². The van der Waals surface area contributed by atoms with Crippen LogP contribution in [0.3, 0.4) is 0 Å². The van der Waals surface area contributed by atoms with Crippen LogP contribution in [0.15, 0.2) is 36.4 Å². The standard InChI is InChI=1S/C19H21FN6O/c20-15-5-3-14(4-6-15)19(27)25-11-9-24(10-12-25)17-8-7-16(21)26(23-17)18(22)13-1-2-13/h3-8,13,21-22H,1-2,9-12H2. The Morgan fingerprint density at radius 2 is 1.70 bits per heavy atom. The summed E-state index contributed by atoms with van der Waals surface area (Å²) in [4.78, 5) is 16.3. The number of carbonyl (C=O) groups is 1. The molecular formula is C19H21FN6O. The maximum absolute atomic E-state index is 13.0. The highest BCUT2D eigenvalue weighted by Crippen LogP contribution is 2.30. The van der Waals surface area contributed by atoms with E-state index in [1.54, 1.807) is 17.0 Å². The number of nitrogens with zero attached hydrogens (tertiary/aromatic N) is 4. The minimum absolute atomic E-state index is 0.102. The second-order valence-corrected chi connectivity index (χ2v) is 6.93. The number of rotatable bonds is 3. The molecule has 8 heteroatoms. The zero-order valence-corrected chi connectivity index (χ0v) is 14.9. The van der Waals surface area contributed by atoms with E-state index in [2.05, 4.69) is 10.00 Å². The fourth-order valence-corrected chi connectivity index (χ4v) is 3.21. The van der Waals surface area contributed by atoms with Crippen molar-refractivity contribution in [3.8, 4) is 0 Å². The molecule has 1 aromatic carbocycles. The molecule has 0 spiro atoms. The number of hydrogen-bond acceptors (Lipinski definition) is 5. The molecule has 2 aliphatic rings. The van der Waals surface area contributed by atoms with Crippen LogP contribution in [0.5, 0.6) is 0 Å². The molecule has 27 heavy (non-hydrogen) atoms. The van der Waals surface area contributed by atoms with Crippen molar-refractivity contribution in [3.63, 3.8) is 0 Å². The molecule has 2 N–H and O–H groups in total. The summed E-state index contributed by atoms with van der Waals surface area (Å²) in [6.07, 6.45) is 1.97. The fraction of sp³-hybridized carbons (Fsp3) is 0.368. The molecule has 2 aromatic rings. The van der Waals surface area contributed by atoms with Crippen LogP contribution >= 0.6 is 0 Å². The first-order valence-corrected chi connectivity index (χ1v) is 9.06. The molecule has 7 nitrogen and oxygen atoms in total. The lowest BCUT2D eigenvalue weighted by atomic mass is 10.2. The predicted molar refractivity (Wildman–Crippen MR) is 98.4 cm³/mol. The maximum Gasteiger partial charge on any atom is 0.253 e. The van der Waals surface area contributed by atoms with E-state index in [1.165, 1.54) is 28.9 Å². The number of carbonyl (C=O) groups excluding carboxylic acids is 1. The summed E-state index contributed by atoms with van der Waals surface area (Å²) in [5, 5.41) is 20.7. The number of aromatic nitrogens is 2. The molecule has 0 atom stereocenters. The van der Waals surface area contributed by atoms with Crippen LogP contribution in [-0.2, 0) is 0 Å². The van der Waals surface area contributed by atoms with Crippen LogP contribution in [0.1, 0.15) is 23.2 Å². The predicted octanol–water partition coefficient (Wildman–Crippen LogP) is 1.70. The van der Waals surface area contributed by atoms with Crippen LogP contribution in [0.2, 0.25) is 0 Å². The molecule has 140 valence electrons. The number of piperazine rings is 1. The molecule has 1 saturated carbocycles. The highest BCUT2D eigenvalue weighted by molar-refractivity contribution is 5.94. The number of anilines is 1. The van der Waals surface area contributed by atoms with Crippen molar-refractivity contribution in [2.45, 2.75) is 12.8 Å². The molecular weight excluding hydrogens is 347 g/mol. The minimum Gasteiger partial charge on any atom is -0.352 e. The third kappa shape index (κ3) is 3.60. The first-order valence-electron chi connectivity index (χ1n) is 9.06. The van der Waals surface area contributed by atoms with Gasteiger partial charge in [-0.15, -0.1) is 5.10 Å². The lowest BCUT2D eigenvalue weighted by Crippen LogP contribution is -2.49. The van der Waals surface area contributed by atoms with Gasteiger partial charge in [-0.05, 0) is 49.2 Å². The molecule has 0 radical (unpaired) electrons. The largest absolute Gasteiger partial charge is 0.352 e. The summed E-state index contributed by atoms with van der Waals surface area (Å²) in [5.41, 5.74) is 0.693. The van der Waals surface area contributed by atoms with E-state index in [9.17, 15) is 9.18 Å². The van der Waals surface area contributed by atoms with Gasteiger partial charge >= 0.3 is 0 Å². The molecule has 2 heterocycles. The Labute approximate surface area is 156 Å². The van der Waals surface area contributed by atoms with Crippen molar-refractivity contribution in [1.29, 1.82) is 10.8 Å². The SMILES string of the molecule is N=C(C1CC1)n1nc(N2CCN(C(=O)c3ccc(F)cc3)CC2)ccc1=N. The monoisotopic (exact) mass is 368 g/mol. The number of nitrogens with one attached hydrogen (secondary N) is 2. The molecule has 1 aliphatic carbocycles. The number of hydrogen-bond donors (Lipinski definition) is 2. The van der Waals surface area contributed by atoms with E-state index in [4.69, 9.17) is 10.8 Å². The van der Waals surface area contributed by atoms with Crippen LogP contribution in [0, 0.1) is 22.6 Å². The zero-order valence-electron chi connectivity index (χ0n) is 14.9. The first-order chi connectivity index (χ1) is 13.0. The lowest BCUT2D eigenvalue weighted by Gasteiger charge is -2.35. The van der Waals surface area contributed by atoms with Crippen LogP contribution in [0.25, 0.3) is 0 Å². The molecule has 1 aliphatic heterocycles. The van der Waals surface area contributed by atoms with Gasteiger partial charge < -0.3 is 9.80 Å². The summed E-state index contributed by atoms with van der Waals surface area (Å²) >= 11 is 0. The minimum atomic E-state index is -0.356. The van der Waals surface area contributed by atoms with E-state index in [-0.39, 0.29) is 23.1 Å². The van der Waals surface area contributed by atoms with Crippen molar-refractivity contribution in [2.24, 2.45) is 5.92 Å². The van der Waals surface area contributed by atoms with Crippen LogP contribution in [-0.4, -0.2) is 52.6 Å². The fourth-order valence-electron chi connectivity index (χ4n) is 3.21. The second-order valence-electron chi connectivity index (χ2n) is 6.93. The van der Waals surface area contributed by atoms with E-state index in [0.717, 1.165) is 12.8 Å². The Morgan fingerprint density at radius 3 is 2.33 bits per heavy atom. The molecule has 2 fully saturated rings. The smallest absolute Gasteiger partial charge is 0.253 e. The summed E-state index contributed by atoms with van der Waals surface area (Å²) in [6, 6.07) is 9.05. The Bertz CT molecular complexity index is 926. The zero-order chi connectivity index (χ0) is 19.0. The quantitative estimate of drug-likeness (QED) is 0.638. The summed E-state index contributed by atoms with van der Waals surface area (Å²) in [5.74, 6) is 0.851. The van der Waals surface area contributed by atoms with Gasteiger partial charge in [0, 0.05) is 37.7 Å². The molecule has 0 unspecified atom stereocenters. The normalized spacial score (nSPS) is 17.1. The van der Waals surface area contributed by atoms with E-state index < -0.39 is 0 Å². The summed E-state index contributed by atoms with van der Waals surface area (Å²) in [7, 11) is 0. The second kappa shape index (κ2) is 6.94. The van der Waals surface area contributed by atoms with Gasteiger partial charge in [-0.2, -0.15) is 0 Å². The Balaban J connectivity index is 1.44. The van der Waals surface area contributed by atoms with Crippen molar-refractivity contribution in [3.05, 3.63) is 53.3 Å². The lowest BCUT2D eigenvalue weighted by molar-refractivity contribution is 0.0746. The van der Waals surface area contributed by atoms with Gasteiger partial charge in [0.1, 0.15) is 23.0 Å². The van der Waals surface area contributed by atoms with Gasteiger partial charge in [0.25, 0.3) is 5.91 Å². The van der Waals surface area contributed by atoms with Crippen molar-refractivity contribution < 1.29 is 9.18 Å². The van der Waals surface area contributed by atoms with Crippen molar-refractivity contribution >= 4 is 17.6 Å². The Morgan fingerprint density at radius 1 is 1.04 bits per heavy atom. The molecule has 0 bridgehead atoms. The van der Waals surface area contributed by atoms with E-state index >= 15 is 0 Å². The number of amides is 1. The number of halogens is 1. The third-order valence-corrected chi connectivity index (χ3v) is 5.00. The van der Waals surface area contributed by atoms with Gasteiger partial charge in [-0.25, -0.2) is 9.07 Å². The average molecular weight is 368 g/mol.